The summed E-state index contributed by atoms with van der Waals surface area (Å²) in [6.07, 6.45) is -19.1. The lowest BCUT2D eigenvalue weighted by atomic mass is 9.99. The fourth-order valence-corrected chi connectivity index (χ4v) is 0.901. The van der Waals surface area contributed by atoms with Crippen LogP contribution in [0.5, 0.6) is 0 Å². The molecule has 17 heavy (non-hydrogen) atoms. The summed E-state index contributed by atoms with van der Waals surface area (Å²) in [6, 6.07) is 0. The third kappa shape index (κ3) is 3.13. The topological polar surface area (TPSA) is 9.23 Å². The molecule has 0 amide bonds. The Balaban J connectivity index is 5.65. The molecule has 0 aliphatic heterocycles. The van der Waals surface area contributed by atoms with E-state index in [1.54, 1.807) is 0 Å². The third-order valence-corrected chi connectivity index (χ3v) is 1.66. The molecule has 0 aromatic carbocycles. The predicted octanol–water partition coefficient (Wildman–Crippen LogP) is 3.60. The third-order valence-electron chi connectivity index (χ3n) is 1.66. The van der Waals surface area contributed by atoms with Gasteiger partial charge in [-0.15, -0.1) is 0 Å². The number of hydrogen-bond donors (Lipinski definition) is 0. The zero-order valence-electron chi connectivity index (χ0n) is 7.77. The Bertz CT molecular complexity index is 249. The van der Waals surface area contributed by atoms with E-state index in [2.05, 4.69) is 4.74 Å². The van der Waals surface area contributed by atoms with Gasteiger partial charge in [-0.1, -0.05) is 0 Å². The van der Waals surface area contributed by atoms with Gasteiger partial charge in [0.15, 0.2) is 0 Å². The Labute approximate surface area is 87.3 Å². The summed E-state index contributed by atoms with van der Waals surface area (Å²) >= 11 is 0. The van der Waals surface area contributed by atoms with Gasteiger partial charge in [0, 0.05) is 7.11 Å². The van der Waals surface area contributed by atoms with E-state index >= 15 is 0 Å². The Morgan fingerprint density at radius 1 is 0.706 bits per heavy atom. The Kier molecular flexibility index (Phi) is 3.99. The maximum Gasteiger partial charge on any atom is 0.420 e. The molecule has 0 spiro atoms. The molecule has 0 atom stereocenters. The highest BCUT2D eigenvalue weighted by Crippen LogP contribution is 2.53. The first kappa shape index (κ1) is 16.3. The second-order valence-electron chi connectivity index (χ2n) is 2.86. The van der Waals surface area contributed by atoms with Crippen LogP contribution in [-0.2, 0) is 4.74 Å². The first-order valence-electron chi connectivity index (χ1n) is 3.62. The highest BCUT2D eigenvalue weighted by Gasteiger charge is 2.77. The number of rotatable bonds is 3. The van der Waals surface area contributed by atoms with E-state index in [9.17, 15) is 43.9 Å². The smallest absolute Gasteiger partial charge is 0.319 e. The van der Waals surface area contributed by atoms with Crippen LogP contribution in [0.1, 0.15) is 0 Å². The van der Waals surface area contributed by atoms with Gasteiger partial charge in [-0.25, -0.2) is 0 Å². The summed E-state index contributed by atoms with van der Waals surface area (Å²) in [6.45, 7) is 0. The van der Waals surface area contributed by atoms with Gasteiger partial charge in [0.2, 0.25) is 5.92 Å². The van der Waals surface area contributed by atoms with Crippen LogP contribution in [-0.4, -0.2) is 31.5 Å². The molecule has 0 saturated heterocycles. The average Bonchev–Trinajstić information content (AvgIpc) is 1.96. The maximum atomic E-state index is 12.5. The lowest BCUT2D eigenvalue weighted by Crippen LogP contribution is -2.58. The average molecular weight is 282 g/mol. The van der Waals surface area contributed by atoms with Crippen molar-refractivity contribution in [3.63, 3.8) is 0 Å². The molecule has 0 aromatic heterocycles. The monoisotopic (exact) mass is 282 g/mol. The molecule has 0 fully saturated rings. The number of halogens is 10. The maximum absolute atomic E-state index is 12.5. The van der Waals surface area contributed by atoms with Crippen molar-refractivity contribution in [2.75, 3.05) is 7.11 Å². The molecular weight excluding hydrogens is 278 g/mol. The largest absolute Gasteiger partial charge is 0.420 e. The summed E-state index contributed by atoms with van der Waals surface area (Å²) in [4.78, 5) is 0. The molecule has 0 radical (unpaired) electrons. The van der Waals surface area contributed by atoms with Crippen LogP contribution >= 0.6 is 0 Å². The highest BCUT2D eigenvalue weighted by atomic mass is 19.4. The second-order valence-corrected chi connectivity index (χ2v) is 2.86. The van der Waals surface area contributed by atoms with Crippen LogP contribution in [0, 0.1) is 5.92 Å². The standard InChI is InChI=1S/C6H4F10O/c1-17-6(15,16)3(7,8)2(4(9,10)11)5(12,13)14/h2H,1H3. The summed E-state index contributed by atoms with van der Waals surface area (Å²) < 4.78 is 123. The highest BCUT2D eigenvalue weighted by molar-refractivity contribution is 4.93. The normalized spacial score (nSPS) is 15.5. The zero-order valence-corrected chi connectivity index (χ0v) is 7.77. The number of alkyl halides is 10. The van der Waals surface area contributed by atoms with Gasteiger partial charge in [-0.05, 0) is 0 Å². The molecule has 0 aromatic rings. The molecule has 11 heteroatoms. The molecule has 0 unspecified atom stereocenters. The Hall–Kier alpha value is -0.740. The van der Waals surface area contributed by atoms with Crippen molar-refractivity contribution < 1.29 is 48.6 Å². The van der Waals surface area contributed by atoms with Gasteiger partial charge in [0.25, 0.3) is 0 Å². The Morgan fingerprint density at radius 2 is 1.00 bits per heavy atom. The Morgan fingerprint density at radius 3 is 1.18 bits per heavy atom. The molecule has 0 bridgehead atoms. The predicted molar refractivity (Wildman–Crippen MR) is 32.5 cm³/mol. The van der Waals surface area contributed by atoms with Crippen molar-refractivity contribution in [1.82, 2.24) is 0 Å². The number of hydrogen-bond acceptors (Lipinski definition) is 1. The number of methoxy groups -OCH3 is 1. The fourth-order valence-electron chi connectivity index (χ4n) is 0.901. The molecule has 1 nitrogen and oxygen atoms in total. The molecule has 0 aliphatic rings. The SMILES string of the molecule is COC(F)(F)C(F)(F)C(C(F)(F)F)C(F)(F)F. The molecule has 0 N–H and O–H groups in total. The molecule has 0 aliphatic carbocycles. The molecule has 0 rings (SSSR count). The molecule has 0 heterocycles. The second kappa shape index (κ2) is 4.18. The van der Waals surface area contributed by atoms with Crippen molar-refractivity contribution in [3.8, 4) is 0 Å². The van der Waals surface area contributed by atoms with Gasteiger partial charge >= 0.3 is 24.4 Å². The first-order valence-corrected chi connectivity index (χ1v) is 3.62. The molecule has 0 saturated carbocycles. The van der Waals surface area contributed by atoms with Crippen LogP contribution in [0.25, 0.3) is 0 Å². The van der Waals surface area contributed by atoms with E-state index in [0.29, 0.717) is 0 Å². The lowest BCUT2D eigenvalue weighted by Gasteiger charge is -2.33. The minimum absolute atomic E-state index is 0.141. The van der Waals surface area contributed by atoms with Crippen molar-refractivity contribution in [2.24, 2.45) is 5.92 Å². The summed E-state index contributed by atoms with van der Waals surface area (Å²) in [5.74, 6) is -12.0. The summed E-state index contributed by atoms with van der Waals surface area (Å²) in [7, 11) is -0.141. The quantitative estimate of drug-likeness (QED) is 0.719. The van der Waals surface area contributed by atoms with Gasteiger partial charge in [0.05, 0.1) is 0 Å². The van der Waals surface area contributed by atoms with Crippen molar-refractivity contribution >= 4 is 0 Å². The minimum atomic E-state index is -6.59. The van der Waals surface area contributed by atoms with Crippen molar-refractivity contribution in [1.29, 1.82) is 0 Å². The van der Waals surface area contributed by atoms with Crippen LogP contribution in [0.2, 0.25) is 0 Å². The van der Waals surface area contributed by atoms with Crippen molar-refractivity contribution in [2.45, 2.75) is 24.4 Å². The van der Waals surface area contributed by atoms with Gasteiger partial charge in [-0.3, -0.25) is 0 Å². The van der Waals surface area contributed by atoms with E-state index in [4.69, 9.17) is 0 Å². The van der Waals surface area contributed by atoms with E-state index < -0.39 is 30.3 Å². The zero-order chi connectivity index (χ0) is 14.3. The molecular formula is C6H4F10O. The first-order chi connectivity index (χ1) is 7.18. The van der Waals surface area contributed by atoms with Crippen LogP contribution in [0.3, 0.4) is 0 Å². The fraction of sp³-hybridized carbons (Fsp3) is 1.00. The van der Waals surface area contributed by atoms with E-state index in [-0.39, 0.29) is 7.11 Å². The van der Waals surface area contributed by atoms with Crippen LogP contribution < -0.4 is 0 Å². The van der Waals surface area contributed by atoms with Crippen molar-refractivity contribution in [3.05, 3.63) is 0 Å². The lowest BCUT2D eigenvalue weighted by molar-refractivity contribution is -0.420. The van der Waals surface area contributed by atoms with E-state index in [1.807, 2.05) is 0 Å². The van der Waals surface area contributed by atoms with Gasteiger partial charge in [-0.2, -0.15) is 43.9 Å². The van der Waals surface area contributed by atoms with Gasteiger partial charge < -0.3 is 4.74 Å². The van der Waals surface area contributed by atoms with Crippen LogP contribution in [0.15, 0.2) is 0 Å². The van der Waals surface area contributed by atoms with E-state index in [0.717, 1.165) is 0 Å². The summed E-state index contributed by atoms with van der Waals surface area (Å²) in [5.41, 5.74) is 0. The summed E-state index contributed by atoms with van der Waals surface area (Å²) in [5, 5.41) is 0. The van der Waals surface area contributed by atoms with Gasteiger partial charge in [0.1, 0.15) is 0 Å². The number of ether oxygens (including phenoxy) is 1. The van der Waals surface area contributed by atoms with Crippen LogP contribution in [0.4, 0.5) is 43.9 Å². The van der Waals surface area contributed by atoms with E-state index in [1.165, 1.54) is 0 Å². The minimum Gasteiger partial charge on any atom is -0.319 e. The molecule has 104 valence electrons.